The van der Waals surface area contributed by atoms with Crippen LogP contribution in [0.15, 0.2) is 36.4 Å². The molecule has 4 heteroatoms. The first-order valence-corrected chi connectivity index (χ1v) is 6.69. The van der Waals surface area contributed by atoms with Crippen molar-refractivity contribution in [1.29, 1.82) is 0 Å². The van der Waals surface area contributed by atoms with Gasteiger partial charge in [0.1, 0.15) is 5.82 Å². The van der Waals surface area contributed by atoms with Crippen LogP contribution < -0.4 is 5.32 Å². The molecular formula is C17H18FNO2. The molecule has 3 nitrogen and oxygen atoms in total. The van der Waals surface area contributed by atoms with Crippen LogP contribution >= 0.6 is 0 Å². The maximum Gasteiger partial charge on any atom is 0.339 e. The molecule has 0 fully saturated rings. The number of carbonyl (C=O) groups is 1. The SMILES string of the molecule is COC(=O)c1ccc(F)cc1NCc1ccc(C)cc1C. The lowest BCUT2D eigenvalue weighted by atomic mass is 10.1. The van der Waals surface area contributed by atoms with E-state index in [9.17, 15) is 9.18 Å². The molecule has 0 aliphatic rings. The van der Waals surface area contributed by atoms with E-state index in [0.29, 0.717) is 17.8 Å². The Morgan fingerprint density at radius 3 is 2.62 bits per heavy atom. The van der Waals surface area contributed by atoms with E-state index >= 15 is 0 Å². The molecule has 0 radical (unpaired) electrons. The minimum Gasteiger partial charge on any atom is -0.465 e. The number of benzene rings is 2. The Kier molecular flexibility index (Phi) is 4.58. The number of hydrogen-bond acceptors (Lipinski definition) is 3. The van der Waals surface area contributed by atoms with Crippen molar-refractivity contribution in [3.05, 3.63) is 64.5 Å². The Balaban J connectivity index is 2.23. The molecule has 2 aromatic rings. The van der Waals surface area contributed by atoms with Gasteiger partial charge in [-0.25, -0.2) is 9.18 Å². The highest BCUT2D eigenvalue weighted by Gasteiger charge is 2.12. The summed E-state index contributed by atoms with van der Waals surface area (Å²) in [5.74, 6) is -0.885. The van der Waals surface area contributed by atoms with Gasteiger partial charge in [0.25, 0.3) is 0 Å². The molecule has 0 atom stereocenters. The molecule has 0 saturated heterocycles. The number of rotatable bonds is 4. The third-order valence-corrected chi connectivity index (χ3v) is 3.35. The second kappa shape index (κ2) is 6.39. The number of ether oxygens (including phenoxy) is 1. The maximum absolute atomic E-state index is 13.4. The molecule has 1 N–H and O–H groups in total. The lowest BCUT2D eigenvalue weighted by molar-refractivity contribution is 0.0602. The van der Waals surface area contributed by atoms with E-state index in [2.05, 4.69) is 11.4 Å². The maximum atomic E-state index is 13.4. The summed E-state index contributed by atoms with van der Waals surface area (Å²) in [5, 5.41) is 3.11. The van der Waals surface area contributed by atoms with Crippen molar-refractivity contribution in [1.82, 2.24) is 0 Å². The average Bonchev–Trinajstić information content (AvgIpc) is 2.45. The first-order chi connectivity index (χ1) is 10.0. The topological polar surface area (TPSA) is 38.3 Å². The van der Waals surface area contributed by atoms with Crippen LogP contribution in [0, 0.1) is 19.7 Å². The zero-order chi connectivity index (χ0) is 15.4. The van der Waals surface area contributed by atoms with E-state index in [-0.39, 0.29) is 0 Å². The Labute approximate surface area is 123 Å². The van der Waals surface area contributed by atoms with E-state index < -0.39 is 11.8 Å². The molecule has 0 saturated carbocycles. The van der Waals surface area contributed by atoms with Gasteiger partial charge in [-0.3, -0.25) is 0 Å². The van der Waals surface area contributed by atoms with Crippen LogP contribution in [-0.4, -0.2) is 13.1 Å². The third-order valence-electron chi connectivity index (χ3n) is 3.35. The summed E-state index contributed by atoms with van der Waals surface area (Å²) in [7, 11) is 1.31. The van der Waals surface area contributed by atoms with Gasteiger partial charge in [0, 0.05) is 6.54 Å². The van der Waals surface area contributed by atoms with E-state index in [1.807, 2.05) is 26.0 Å². The molecule has 0 aliphatic carbocycles. The Hall–Kier alpha value is -2.36. The highest BCUT2D eigenvalue weighted by molar-refractivity contribution is 5.95. The molecule has 0 heterocycles. The number of methoxy groups -OCH3 is 1. The van der Waals surface area contributed by atoms with Crippen molar-refractivity contribution in [3.63, 3.8) is 0 Å². The average molecular weight is 287 g/mol. The largest absolute Gasteiger partial charge is 0.465 e. The third kappa shape index (κ3) is 3.60. The summed E-state index contributed by atoms with van der Waals surface area (Å²) < 4.78 is 18.1. The van der Waals surface area contributed by atoms with Crippen molar-refractivity contribution in [2.45, 2.75) is 20.4 Å². The molecule has 110 valence electrons. The minimum atomic E-state index is -0.488. The molecule has 0 bridgehead atoms. The fourth-order valence-electron chi connectivity index (χ4n) is 2.19. The van der Waals surface area contributed by atoms with Crippen LogP contribution in [0.2, 0.25) is 0 Å². The summed E-state index contributed by atoms with van der Waals surface area (Å²) >= 11 is 0. The lowest BCUT2D eigenvalue weighted by Crippen LogP contribution is -2.09. The van der Waals surface area contributed by atoms with Gasteiger partial charge in [-0.2, -0.15) is 0 Å². The number of esters is 1. The molecule has 2 rings (SSSR count). The summed E-state index contributed by atoms with van der Waals surface area (Å²) in [6.07, 6.45) is 0. The van der Waals surface area contributed by atoms with Crippen molar-refractivity contribution < 1.29 is 13.9 Å². The van der Waals surface area contributed by atoms with Crippen LogP contribution in [0.3, 0.4) is 0 Å². The standard InChI is InChI=1S/C17H18FNO2/c1-11-4-5-13(12(2)8-11)10-19-16-9-14(18)6-7-15(16)17(20)21-3/h4-9,19H,10H2,1-3H3. The van der Waals surface area contributed by atoms with Crippen LogP contribution in [-0.2, 0) is 11.3 Å². The minimum absolute atomic E-state index is 0.323. The normalized spacial score (nSPS) is 10.3. The van der Waals surface area contributed by atoms with Crippen LogP contribution in [0.5, 0.6) is 0 Å². The molecule has 21 heavy (non-hydrogen) atoms. The molecule has 0 amide bonds. The van der Waals surface area contributed by atoms with Crippen molar-refractivity contribution in [2.75, 3.05) is 12.4 Å². The van der Waals surface area contributed by atoms with Crippen molar-refractivity contribution >= 4 is 11.7 Å². The zero-order valence-electron chi connectivity index (χ0n) is 12.4. The summed E-state index contributed by atoms with van der Waals surface area (Å²) in [6, 6.07) is 10.1. The van der Waals surface area contributed by atoms with Gasteiger partial charge >= 0.3 is 5.97 Å². The number of anilines is 1. The van der Waals surface area contributed by atoms with Crippen molar-refractivity contribution in [2.24, 2.45) is 0 Å². The second-order valence-electron chi connectivity index (χ2n) is 4.96. The van der Waals surface area contributed by atoms with Gasteiger partial charge in [0.05, 0.1) is 18.4 Å². The number of aryl methyl sites for hydroxylation is 2. The van der Waals surface area contributed by atoms with E-state index in [4.69, 9.17) is 4.74 Å². The number of halogens is 1. The highest BCUT2D eigenvalue weighted by atomic mass is 19.1. The van der Waals surface area contributed by atoms with Gasteiger partial charge in [-0.15, -0.1) is 0 Å². The molecule has 2 aromatic carbocycles. The fraction of sp³-hybridized carbons (Fsp3) is 0.235. The van der Waals surface area contributed by atoms with Gasteiger partial charge in [0.2, 0.25) is 0 Å². The molecule has 0 aromatic heterocycles. The van der Waals surface area contributed by atoms with Gasteiger partial charge in [0.15, 0.2) is 0 Å². The van der Waals surface area contributed by atoms with Crippen molar-refractivity contribution in [3.8, 4) is 0 Å². The fourth-order valence-corrected chi connectivity index (χ4v) is 2.19. The van der Waals surface area contributed by atoms with E-state index in [1.165, 1.54) is 30.9 Å². The Bertz CT molecular complexity index is 668. The molecule has 0 spiro atoms. The van der Waals surface area contributed by atoms with Crippen LogP contribution in [0.25, 0.3) is 0 Å². The quantitative estimate of drug-likeness (QED) is 0.868. The summed E-state index contributed by atoms with van der Waals surface area (Å²) in [6.45, 7) is 4.57. The van der Waals surface area contributed by atoms with E-state index in [1.54, 1.807) is 0 Å². The zero-order valence-corrected chi connectivity index (χ0v) is 12.4. The summed E-state index contributed by atoms with van der Waals surface area (Å²) in [5.41, 5.74) is 4.20. The smallest absolute Gasteiger partial charge is 0.339 e. The van der Waals surface area contributed by atoms with Gasteiger partial charge < -0.3 is 10.1 Å². The molecule has 0 unspecified atom stereocenters. The summed E-state index contributed by atoms with van der Waals surface area (Å²) in [4.78, 5) is 11.7. The van der Waals surface area contributed by atoms with Gasteiger partial charge in [-0.05, 0) is 43.2 Å². The van der Waals surface area contributed by atoms with Crippen LogP contribution in [0.4, 0.5) is 10.1 Å². The number of nitrogens with one attached hydrogen (secondary N) is 1. The predicted molar refractivity (Wildman–Crippen MR) is 81.0 cm³/mol. The highest BCUT2D eigenvalue weighted by Crippen LogP contribution is 2.20. The first-order valence-electron chi connectivity index (χ1n) is 6.69. The lowest BCUT2D eigenvalue weighted by Gasteiger charge is -2.13. The number of hydrogen-bond donors (Lipinski definition) is 1. The van der Waals surface area contributed by atoms with E-state index in [0.717, 1.165) is 11.1 Å². The number of carbonyl (C=O) groups excluding carboxylic acids is 1. The molecular weight excluding hydrogens is 269 g/mol. The van der Waals surface area contributed by atoms with Crippen LogP contribution in [0.1, 0.15) is 27.0 Å². The molecule has 0 aliphatic heterocycles. The predicted octanol–water partition coefficient (Wildman–Crippen LogP) is 3.84. The Morgan fingerprint density at radius 2 is 1.95 bits per heavy atom. The monoisotopic (exact) mass is 287 g/mol. The first kappa shape index (κ1) is 15.0. The van der Waals surface area contributed by atoms with Gasteiger partial charge in [-0.1, -0.05) is 23.8 Å². The second-order valence-corrected chi connectivity index (χ2v) is 4.96. The Morgan fingerprint density at radius 1 is 1.19 bits per heavy atom.